The molecule has 3 aromatic heterocycles. The summed E-state index contributed by atoms with van der Waals surface area (Å²) < 4.78 is 25.3. The van der Waals surface area contributed by atoms with Crippen molar-refractivity contribution in [3.05, 3.63) is 42.5 Å². The van der Waals surface area contributed by atoms with Crippen molar-refractivity contribution in [2.24, 2.45) is 13.0 Å². The van der Waals surface area contributed by atoms with Gasteiger partial charge in [0.25, 0.3) is 0 Å². The van der Waals surface area contributed by atoms with E-state index in [-0.39, 0.29) is 17.7 Å². The molecule has 0 saturated carbocycles. The third-order valence-electron chi connectivity index (χ3n) is 6.50. The molecule has 0 spiro atoms. The lowest BCUT2D eigenvalue weighted by Gasteiger charge is -2.48. The zero-order chi connectivity index (χ0) is 24.9. The van der Waals surface area contributed by atoms with E-state index in [0.29, 0.717) is 18.4 Å². The molecule has 0 amide bonds. The molecule has 0 bridgehead atoms. The largest absolute Gasteiger partial charge is 0.367 e. The molecule has 0 aliphatic carbocycles. The van der Waals surface area contributed by atoms with Crippen LogP contribution in [0.2, 0.25) is 0 Å². The van der Waals surface area contributed by atoms with Crippen molar-refractivity contribution in [3.63, 3.8) is 0 Å². The van der Waals surface area contributed by atoms with Crippen LogP contribution in [-0.4, -0.2) is 57.7 Å². The molecule has 0 unspecified atom stereocenters. The summed E-state index contributed by atoms with van der Waals surface area (Å²) in [6.07, 6.45) is 8.68. The number of aryl methyl sites for hydroxylation is 1. The van der Waals surface area contributed by atoms with Crippen LogP contribution in [0.1, 0.15) is 32.3 Å². The minimum Gasteiger partial charge on any atom is -0.367 e. The first-order valence-electron chi connectivity index (χ1n) is 11.5. The zero-order valence-electron chi connectivity index (χ0n) is 20.4. The van der Waals surface area contributed by atoms with Crippen LogP contribution in [0.3, 0.4) is 0 Å². The SMILES string of the molecule is CC(C)c1ccc(N2C[C@H](CS(C)(=O)=O)[C@H]2C)c2cnc(Nc3cnc(-c4cnn(C)c4)s3)nc12. The molecule has 11 heteroatoms. The molecular formula is C24H29N7O2S2. The van der Waals surface area contributed by atoms with Gasteiger partial charge >= 0.3 is 0 Å². The van der Waals surface area contributed by atoms with Crippen molar-refractivity contribution in [1.82, 2.24) is 24.7 Å². The topological polar surface area (TPSA) is 106 Å². The monoisotopic (exact) mass is 511 g/mol. The highest BCUT2D eigenvalue weighted by atomic mass is 32.2. The van der Waals surface area contributed by atoms with Gasteiger partial charge in [-0.05, 0) is 24.5 Å². The summed E-state index contributed by atoms with van der Waals surface area (Å²) in [4.78, 5) is 16.3. The van der Waals surface area contributed by atoms with Crippen LogP contribution in [0.25, 0.3) is 21.5 Å². The highest BCUT2D eigenvalue weighted by Gasteiger charge is 2.38. The van der Waals surface area contributed by atoms with Gasteiger partial charge in [0, 0.05) is 60.8 Å². The third-order valence-corrected chi connectivity index (χ3v) is 8.50. The predicted molar refractivity (Wildman–Crippen MR) is 141 cm³/mol. The predicted octanol–water partition coefficient (Wildman–Crippen LogP) is 4.22. The molecule has 1 aromatic carbocycles. The van der Waals surface area contributed by atoms with Gasteiger partial charge in [-0.3, -0.25) is 4.68 Å². The number of fused-ring (bicyclic) bond motifs is 1. The summed E-state index contributed by atoms with van der Waals surface area (Å²) in [5.74, 6) is 1.16. The van der Waals surface area contributed by atoms with Crippen LogP contribution in [0.15, 0.2) is 36.9 Å². The molecule has 184 valence electrons. The summed E-state index contributed by atoms with van der Waals surface area (Å²) in [5, 5.41) is 10.2. The van der Waals surface area contributed by atoms with E-state index in [9.17, 15) is 8.42 Å². The van der Waals surface area contributed by atoms with E-state index in [1.54, 1.807) is 17.1 Å². The van der Waals surface area contributed by atoms with E-state index >= 15 is 0 Å². The third kappa shape index (κ3) is 4.74. The minimum absolute atomic E-state index is 0.132. The second kappa shape index (κ2) is 8.87. The van der Waals surface area contributed by atoms with Crippen molar-refractivity contribution in [2.45, 2.75) is 32.7 Å². The lowest BCUT2D eigenvalue weighted by Crippen LogP contribution is -2.57. The van der Waals surface area contributed by atoms with Gasteiger partial charge in [0.2, 0.25) is 5.95 Å². The summed E-state index contributed by atoms with van der Waals surface area (Å²) in [6.45, 7) is 7.10. The Hall–Kier alpha value is -3.05. The fraction of sp³-hybridized carbons (Fsp3) is 0.417. The number of anilines is 3. The van der Waals surface area contributed by atoms with E-state index in [1.165, 1.54) is 17.6 Å². The zero-order valence-corrected chi connectivity index (χ0v) is 22.1. The number of nitrogens with zero attached hydrogens (tertiary/aromatic N) is 6. The Morgan fingerprint density at radius 1 is 1.20 bits per heavy atom. The van der Waals surface area contributed by atoms with Gasteiger partial charge in [0.15, 0.2) is 0 Å². The molecule has 0 radical (unpaired) electrons. The first-order chi connectivity index (χ1) is 16.6. The maximum Gasteiger partial charge on any atom is 0.228 e. The Labute approximate surface area is 209 Å². The fourth-order valence-electron chi connectivity index (χ4n) is 4.60. The van der Waals surface area contributed by atoms with Gasteiger partial charge in [-0.25, -0.2) is 23.4 Å². The molecule has 4 heterocycles. The molecule has 2 atom stereocenters. The average Bonchev–Trinajstić information content (AvgIpc) is 3.43. The Bertz CT molecular complexity index is 1490. The number of hydrogen-bond donors (Lipinski definition) is 1. The van der Waals surface area contributed by atoms with Crippen molar-refractivity contribution in [2.75, 3.05) is 28.8 Å². The number of aromatic nitrogens is 5. The molecule has 1 fully saturated rings. The fourth-order valence-corrected chi connectivity index (χ4v) is 6.54. The van der Waals surface area contributed by atoms with Crippen molar-refractivity contribution >= 4 is 48.7 Å². The lowest BCUT2D eigenvalue weighted by molar-refractivity contribution is 0.342. The molecule has 5 rings (SSSR count). The quantitative estimate of drug-likeness (QED) is 0.393. The summed E-state index contributed by atoms with van der Waals surface area (Å²) in [6, 6.07) is 4.38. The normalized spacial score (nSPS) is 18.3. The van der Waals surface area contributed by atoms with Crippen LogP contribution in [-0.2, 0) is 16.9 Å². The number of hydrogen-bond acceptors (Lipinski definition) is 9. The van der Waals surface area contributed by atoms with Gasteiger partial charge in [0.1, 0.15) is 19.8 Å². The van der Waals surface area contributed by atoms with Gasteiger partial charge in [-0.2, -0.15) is 5.10 Å². The van der Waals surface area contributed by atoms with Gasteiger partial charge in [-0.1, -0.05) is 31.3 Å². The molecule has 1 saturated heterocycles. The summed E-state index contributed by atoms with van der Waals surface area (Å²) in [7, 11) is -1.12. The van der Waals surface area contributed by atoms with Gasteiger partial charge < -0.3 is 10.2 Å². The number of rotatable bonds is 7. The molecule has 1 aliphatic rings. The van der Waals surface area contributed by atoms with E-state index < -0.39 is 9.84 Å². The van der Waals surface area contributed by atoms with Crippen molar-refractivity contribution in [3.8, 4) is 10.6 Å². The van der Waals surface area contributed by atoms with Crippen LogP contribution in [0.5, 0.6) is 0 Å². The number of thiazole rings is 1. The van der Waals surface area contributed by atoms with E-state index in [2.05, 4.69) is 58.2 Å². The summed E-state index contributed by atoms with van der Waals surface area (Å²) >= 11 is 1.52. The second-order valence-corrected chi connectivity index (χ2v) is 12.8. The molecule has 4 aromatic rings. The van der Waals surface area contributed by atoms with Crippen LogP contribution < -0.4 is 10.2 Å². The first kappa shape index (κ1) is 23.7. The molecule has 1 aliphatic heterocycles. The lowest BCUT2D eigenvalue weighted by atomic mass is 9.89. The van der Waals surface area contributed by atoms with Crippen LogP contribution in [0.4, 0.5) is 16.6 Å². The van der Waals surface area contributed by atoms with Crippen molar-refractivity contribution < 1.29 is 8.42 Å². The Balaban J connectivity index is 1.44. The van der Waals surface area contributed by atoms with Crippen LogP contribution >= 0.6 is 11.3 Å². The Morgan fingerprint density at radius 3 is 2.66 bits per heavy atom. The smallest absolute Gasteiger partial charge is 0.228 e. The first-order valence-corrected chi connectivity index (χ1v) is 14.4. The van der Waals surface area contributed by atoms with Gasteiger partial charge in [0.05, 0.1) is 23.7 Å². The highest BCUT2D eigenvalue weighted by molar-refractivity contribution is 7.90. The van der Waals surface area contributed by atoms with Gasteiger partial charge in [-0.15, -0.1) is 0 Å². The second-order valence-electron chi connectivity index (χ2n) is 9.59. The van der Waals surface area contributed by atoms with E-state index in [0.717, 1.165) is 37.7 Å². The highest BCUT2D eigenvalue weighted by Crippen LogP contribution is 2.39. The standard InChI is InChI=1S/C24H29N7O2S2/c1-14(2)18-6-7-20(31-12-17(15(31)3)13-35(5,32)33)19-9-26-24(29-22(18)19)28-21-10-25-23(34-21)16-8-27-30(4)11-16/h6-11,14-15,17H,12-13H2,1-5H3,(H,26,28,29)/t15-,17-/m1/s1. The number of nitrogens with one attached hydrogen (secondary N) is 1. The molecule has 9 nitrogen and oxygen atoms in total. The number of benzene rings is 1. The average molecular weight is 512 g/mol. The van der Waals surface area contributed by atoms with Crippen molar-refractivity contribution in [1.29, 1.82) is 0 Å². The number of sulfone groups is 1. The maximum absolute atomic E-state index is 11.8. The Kier molecular flexibility index (Phi) is 6.00. The van der Waals surface area contributed by atoms with Crippen LogP contribution in [0, 0.1) is 5.92 Å². The maximum atomic E-state index is 11.8. The minimum atomic E-state index is -3.00. The molecular weight excluding hydrogens is 482 g/mol. The van der Waals surface area contributed by atoms with E-state index in [1.807, 2.05) is 19.4 Å². The molecule has 1 N–H and O–H groups in total. The Morgan fingerprint density at radius 2 is 2.00 bits per heavy atom. The van der Waals surface area contributed by atoms with E-state index in [4.69, 9.17) is 4.98 Å². The molecule has 35 heavy (non-hydrogen) atoms. The summed E-state index contributed by atoms with van der Waals surface area (Å²) in [5.41, 5.74) is 4.07.